The normalized spacial score (nSPS) is 11.4. The molecule has 1 N–H and O–H groups in total. The Labute approximate surface area is 80.2 Å². The lowest BCUT2D eigenvalue weighted by molar-refractivity contribution is 0.0173. The molecule has 0 aliphatic carbocycles. The average molecular weight is 200 g/mol. The van der Waals surface area contributed by atoms with Gasteiger partial charge in [-0.15, -0.1) is 0 Å². The molecule has 4 heteroatoms. The van der Waals surface area contributed by atoms with Gasteiger partial charge in [0.2, 0.25) is 0 Å². The Morgan fingerprint density at radius 1 is 1.43 bits per heavy atom. The van der Waals surface area contributed by atoms with Crippen molar-refractivity contribution < 1.29 is 18.7 Å². The van der Waals surface area contributed by atoms with Gasteiger partial charge >= 0.3 is 5.97 Å². The third kappa shape index (κ3) is 2.07. The van der Waals surface area contributed by atoms with Gasteiger partial charge in [-0.25, -0.2) is 13.6 Å². The molecule has 1 aromatic carbocycles. The summed E-state index contributed by atoms with van der Waals surface area (Å²) < 4.78 is 25.6. The van der Waals surface area contributed by atoms with E-state index in [4.69, 9.17) is 5.11 Å². The van der Waals surface area contributed by atoms with Crippen molar-refractivity contribution in [3.05, 3.63) is 34.9 Å². The fraction of sp³-hybridized carbons (Fsp3) is 0.300. The second-order valence-corrected chi connectivity index (χ2v) is 3.22. The number of hydrogen-bond acceptors (Lipinski definition) is 1. The summed E-state index contributed by atoms with van der Waals surface area (Å²) in [7, 11) is 0. The standard InChI is InChI=1S/C10H10F2O2/c1-6-5-7(10(2,11)12)3-4-8(6)9(13)14/h3-5H,1-2H3,(H,13,14). The lowest BCUT2D eigenvalue weighted by atomic mass is 10.0. The maximum absolute atomic E-state index is 12.8. The Kier molecular flexibility index (Phi) is 2.55. The summed E-state index contributed by atoms with van der Waals surface area (Å²) >= 11 is 0. The number of hydrogen-bond donors (Lipinski definition) is 1. The summed E-state index contributed by atoms with van der Waals surface area (Å²) in [5.41, 5.74) is 0.231. The molecule has 2 nitrogen and oxygen atoms in total. The zero-order chi connectivity index (χ0) is 10.9. The van der Waals surface area contributed by atoms with Gasteiger partial charge in [0, 0.05) is 12.5 Å². The number of carboxylic acid groups (broad SMARTS) is 1. The SMILES string of the molecule is Cc1cc(C(C)(F)F)ccc1C(=O)O. The van der Waals surface area contributed by atoms with Crippen LogP contribution in [0.25, 0.3) is 0 Å². The van der Waals surface area contributed by atoms with Gasteiger partial charge in [0.15, 0.2) is 0 Å². The van der Waals surface area contributed by atoms with Crippen molar-refractivity contribution in [2.24, 2.45) is 0 Å². The fourth-order valence-electron chi connectivity index (χ4n) is 1.18. The van der Waals surface area contributed by atoms with Crippen molar-refractivity contribution in [2.45, 2.75) is 19.8 Å². The minimum atomic E-state index is -2.93. The first-order valence-corrected chi connectivity index (χ1v) is 4.04. The molecular formula is C10H10F2O2. The van der Waals surface area contributed by atoms with Crippen LogP contribution in [0.5, 0.6) is 0 Å². The predicted molar refractivity (Wildman–Crippen MR) is 47.7 cm³/mol. The number of aromatic carboxylic acids is 1. The van der Waals surface area contributed by atoms with E-state index >= 15 is 0 Å². The van der Waals surface area contributed by atoms with Crippen LogP contribution >= 0.6 is 0 Å². The predicted octanol–water partition coefficient (Wildman–Crippen LogP) is 2.80. The number of carboxylic acids is 1. The molecule has 0 bridgehead atoms. The summed E-state index contributed by atoms with van der Waals surface area (Å²) in [6.45, 7) is 2.28. The zero-order valence-corrected chi connectivity index (χ0v) is 7.84. The van der Waals surface area contributed by atoms with E-state index in [-0.39, 0.29) is 11.1 Å². The minimum Gasteiger partial charge on any atom is -0.478 e. The topological polar surface area (TPSA) is 37.3 Å². The first-order valence-electron chi connectivity index (χ1n) is 4.04. The summed E-state index contributed by atoms with van der Waals surface area (Å²) in [6, 6.07) is 3.53. The number of alkyl halides is 2. The maximum Gasteiger partial charge on any atom is 0.335 e. The number of benzene rings is 1. The van der Waals surface area contributed by atoms with E-state index in [1.54, 1.807) is 0 Å². The van der Waals surface area contributed by atoms with E-state index in [2.05, 4.69) is 0 Å². The molecule has 0 fully saturated rings. The summed E-state index contributed by atoms with van der Waals surface area (Å²) in [4.78, 5) is 10.6. The van der Waals surface area contributed by atoms with Crippen LogP contribution in [0.1, 0.15) is 28.4 Å². The van der Waals surface area contributed by atoms with Crippen molar-refractivity contribution in [3.63, 3.8) is 0 Å². The molecule has 0 aliphatic heterocycles. The van der Waals surface area contributed by atoms with Crippen LogP contribution in [0.3, 0.4) is 0 Å². The Bertz CT molecular complexity index is 367. The van der Waals surface area contributed by atoms with Gasteiger partial charge in [0.1, 0.15) is 0 Å². The average Bonchev–Trinajstić information content (AvgIpc) is 2.01. The highest BCUT2D eigenvalue weighted by Gasteiger charge is 2.25. The second-order valence-electron chi connectivity index (χ2n) is 3.22. The van der Waals surface area contributed by atoms with Gasteiger partial charge in [-0.3, -0.25) is 0 Å². The third-order valence-corrected chi connectivity index (χ3v) is 1.96. The van der Waals surface area contributed by atoms with Crippen LogP contribution in [0.15, 0.2) is 18.2 Å². The van der Waals surface area contributed by atoms with Gasteiger partial charge < -0.3 is 5.11 Å². The van der Waals surface area contributed by atoms with Crippen LogP contribution in [0.4, 0.5) is 8.78 Å². The molecule has 0 unspecified atom stereocenters. The third-order valence-electron chi connectivity index (χ3n) is 1.96. The van der Waals surface area contributed by atoms with E-state index in [0.29, 0.717) is 5.56 Å². The van der Waals surface area contributed by atoms with Gasteiger partial charge in [0.25, 0.3) is 5.92 Å². The molecule has 0 saturated heterocycles. The molecular weight excluding hydrogens is 190 g/mol. The summed E-state index contributed by atoms with van der Waals surface area (Å²) in [5.74, 6) is -4.03. The highest BCUT2D eigenvalue weighted by Crippen LogP contribution is 2.28. The second kappa shape index (κ2) is 3.36. The summed E-state index contributed by atoms with van der Waals surface area (Å²) in [6.07, 6.45) is 0. The van der Waals surface area contributed by atoms with Crippen LogP contribution in [0, 0.1) is 6.92 Å². The van der Waals surface area contributed by atoms with Crippen molar-refractivity contribution in [2.75, 3.05) is 0 Å². The molecule has 0 atom stereocenters. The first-order chi connectivity index (χ1) is 6.32. The Morgan fingerprint density at radius 3 is 2.36 bits per heavy atom. The highest BCUT2D eigenvalue weighted by molar-refractivity contribution is 5.89. The molecule has 0 radical (unpaired) electrons. The Morgan fingerprint density at radius 2 is 2.00 bits per heavy atom. The molecule has 1 aromatic rings. The highest BCUT2D eigenvalue weighted by atomic mass is 19.3. The minimum absolute atomic E-state index is 0.0537. The zero-order valence-electron chi connectivity index (χ0n) is 7.84. The molecule has 0 heterocycles. The van der Waals surface area contributed by atoms with Crippen molar-refractivity contribution in [1.29, 1.82) is 0 Å². The van der Waals surface area contributed by atoms with E-state index in [9.17, 15) is 13.6 Å². The molecule has 1 rings (SSSR count). The molecule has 0 amide bonds. The van der Waals surface area contributed by atoms with E-state index in [0.717, 1.165) is 13.0 Å². The fourth-order valence-corrected chi connectivity index (χ4v) is 1.18. The summed E-state index contributed by atoms with van der Waals surface area (Å²) in [5, 5.41) is 8.67. The molecule has 0 aromatic heterocycles. The monoisotopic (exact) mass is 200 g/mol. The van der Waals surface area contributed by atoms with Crippen LogP contribution in [0.2, 0.25) is 0 Å². The van der Waals surface area contributed by atoms with Gasteiger partial charge in [-0.05, 0) is 24.6 Å². The van der Waals surface area contributed by atoms with Crippen molar-refractivity contribution in [3.8, 4) is 0 Å². The van der Waals surface area contributed by atoms with Crippen LogP contribution < -0.4 is 0 Å². The molecule has 0 saturated carbocycles. The maximum atomic E-state index is 12.8. The molecule has 14 heavy (non-hydrogen) atoms. The van der Waals surface area contributed by atoms with Crippen molar-refractivity contribution in [1.82, 2.24) is 0 Å². The Balaban J connectivity index is 3.20. The van der Waals surface area contributed by atoms with E-state index in [1.165, 1.54) is 19.1 Å². The number of aryl methyl sites for hydroxylation is 1. The number of rotatable bonds is 2. The molecule has 0 aliphatic rings. The first kappa shape index (κ1) is 10.6. The lowest BCUT2D eigenvalue weighted by Crippen LogP contribution is -2.09. The van der Waals surface area contributed by atoms with Crippen LogP contribution in [-0.4, -0.2) is 11.1 Å². The van der Waals surface area contributed by atoms with Gasteiger partial charge in [-0.1, -0.05) is 6.07 Å². The lowest BCUT2D eigenvalue weighted by Gasteiger charge is -2.11. The Hall–Kier alpha value is -1.45. The molecule has 76 valence electrons. The smallest absolute Gasteiger partial charge is 0.335 e. The van der Waals surface area contributed by atoms with Crippen molar-refractivity contribution >= 4 is 5.97 Å². The molecule has 0 spiro atoms. The largest absolute Gasteiger partial charge is 0.478 e. The van der Waals surface area contributed by atoms with Gasteiger partial charge in [-0.2, -0.15) is 0 Å². The number of carbonyl (C=O) groups is 1. The quantitative estimate of drug-likeness (QED) is 0.796. The van der Waals surface area contributed by atoms with Crippen LogP contribution in [-0.2, 0) is 5.92 Å². The van der Waals surface area contributed by atoms with E-state index < -0.39 is 11.9 Å². The van der Waals surface area contributed by atoms with E-state index in [1.807, 2.05) is 0 Å². The van der Waals surface area contributed by atoms with Gasteiger partial charge in [0.05, 0.1) is 5.56 Å². The number of halogens is 2.